The predicted octanol–water partition coefficient (Wildman–Crippen LogP) is 3.34. The van der Waals surface area contributed by atoms with Crippen molar-refractivity contribution in [1.29, 1.82) is 0 Å². The lowest BCUT2D eigenvalue weighted by molar-refractivity contribution is -0.139. The van der Waals surface area contributed by atoms with Crippen LogP contribution in [0.1, 0.15) is 45.1 Å². The molecule has 202 valence electrons. The summed E-state index contributed by atoms with van der Waals surface area (Å²) in [5, 5.41) is 2.91. The second kappa shape index (κ2) is 13.3. The van der Waals surface area contributed by atoms with E-state index in [4.69, 9.17) is 9.47 Å². The van der Waals surface area contributed by atoms with Crippen LogP contribution < -0.4 is 19.1 Å². The number of anilines is 1. The Morgan fingerprint density at radius 2 is 1.76 bits per heavy atom. The standard InChI is InChI=1S/C27H37N3O6S/c1-4-5-16-28-27(32)21(2)29(18-15-22-10-7-6-8-11-22)26(31)12-9-17-30(37(3,33)34)23-13-14-24-25(19-23)36-20-35-24/h6-8,10-11,13-14,19,21H,4-5,9,12,15-18,20H2,1-3H3,(H,28,32). The fraction of sp³-hybridized carbons (Fsp3) is 0.481. The summed E-state index contributed by atoms with van der Waals surface area (Å²) in [4.78, 5) is 27.7. The number of carbonyl (C=O) groups excluding carboxylic acids is 2. The number of rotatable bonds is 14. The van der Waals surface area contributed by atoms with E-state index in [1.54, 1.807) is 30.0 Å². The minimum Gasteiger partial charge on any atom is -0.454 e. The molecule has 0 spiro atoms. The average molecular weight is 532 g/mol. The number of benzene rings is 2. The van der Waals surface area contributed by atoms with E-state index in [0.717, 1.165) is 24.7 Å². The number of carbonyl (C=O) groups is 2. The number of amides is 2. The first-order chi connectivity index (χ1) is 17.7. The highest BCUT2D eigenvalue weighted by atomic mass is 32.2. The molecule has 0 saturated heterocycles. The molecule has 0 aromatic heterocycles. The number of hydrogen-bond donors (Lipinski definition) is 1. The summed E-state index contributed by atoms with van der Waals surface area (Å²) in [6, 6.07) is 14.1. The Morgan fingerprint density at radius 1 is 1.03 bits per heavy atom. The third-order valence-corrected chi connectivity index (χ3v) is 7.47. The zero-order valence-electron chi connectivity index (χ0n) is 21.8. The van der Waals surface area contributed by atoms with Crippen molar-refractivity contribution in [3.8, 4) is 11.5 Å². The molecule has 2 aromatic carbocycles. The molecular weight excluding hydrogens is 494 g/mol. The summed E-state index contributed by atoms with van der Waals surface area (Å²) in [5.74, 6) is 0.672. The number of unbranched alkanes of at least 4 members (excludes halogenated alkanes) is 1. The van der Waals surface area contributed by atoms with Crippen molar-refractivity contribution >= 4 is 27.5 Å². The summed E-state index contributed by atoms with van der Waals surface area (Å²) in [5.41, 5.74) is 1.52. The topological polar surface area (TPSA) is 105 Å². The maximum absolute atomic E-state index is 13.3. The first-order valence-corrected chi connectivity index (χ1v) is 14.5. The molecule has 0 fully saturated rings. The zero-order valence-corrected chi connectivity index (χ0v) is 22.6. The Kier molecular flexibility index (Phi) is 10.2. The van der Waals surface area contributed by atoms with Crippen LogP contribution >= 0.6 is 0 Å². The molecule has 2 amide bonds. The van der Waals surface area contributed by atoms with E-state index in [1.807, 2.05) is 30.3 Å². The summed E-state index contributed by atoms with van der Waals surface area (Å²) >= 11 is 0. The number of hydrogen-bond acceptors (Lipinski definition) is 6. The minimum absolute atomic E-state index is 0.0924. The van der Waals surface area contributed by atoms with E-state index in [1.165, 1.54) is 4.31 Å². The van der Waals surface area contributed by atoms with Gasteiger partial charge in [-0.1, -0.05) is 43.7 Å². The lowest BCUT2D eigenvalue weighted by atomic mass is 10.1. The normalized spacial score (nSPS) is 13.2. The van der Waals surface area contributed by atoms with E-state index in [2.05, 4.69) is 12.2 Å². The molecule has 10 heteroatoms. The Morgan fingerprint density at radius 3 is 2.46 bits per heavy atom. The zero-order chi connectivity index (χ0) is 26.8. The number of ether oxygens (including phenoxy) is 2. The molecule has 1 N–H and O–H groups in total. The average Bonchev–Trinajstić information content (AvgIpc) is 3.34. The molecule has 2 aromatic rings. The van der Waals surface area contributed by atoms with Crippen LogP contribution in [0.5, 0.6) is 11.5 Å². The Hall–Kier alpha value is -3.27. The molecule has 1 unspecified atom stereocenters. The van der Waals surface area contributed by atoms with Gasteiger partial charge >= 0.3 is 0 Å². The van der Waals surface area contributed by atoms with Crippen LogP contribution in [0.15, 0.2) is 48.5 Å². The van der Waals surface area contributed by atoms with Crippen molar-refractivity contribution in [2.75, 3.05) is 37.0 Å². The third-order valence-electron chi connectivity index (χ3n) is 6.28. The van der Waals surface area contributed by atoms with Crippen LogP contribution in [0.25, 0.3) is 0 Å². The van der Waals surface area contributed by atoms with E-state index in [-0.39, 0.29) is 31.6 Å². The molecule has 1 heterocycles. The van der Waals surface area contributed by atoms with Gasteiger partial charge in [0, 0.05) is 32.1 Å². The van der Waals surface area contributed by atoms with Crippen LogP contribution in [-0.4, -0.2) is 63.9 Å². The maximum atomic E-state index is 13.3. The lowest BCUT2D eigenvalue weighted by Gasteiger charge is -2.29. The van der Waals surface area contributed by atoms with Crippen molar-refractivity contribution in [2.45, 2.75) is 52.0 Å². The Labute approximate surface area is 219 Å². The van der Waals surface area contributed by atoms with Crippen LogP contribution in [-0.2, 0) is 26.0 Å². The van der Waals surface area contributed by atoms with Gasteiger partial charge in [0.05, 0.1) is 11.9 Å². The number of nitrogens with one attached hydrogen (secondary N) is 1. The van der Waals surface area contributed by atoms with Crippen LogP contribution in [0.4, 0.5) is 5.69 Å². The van der Waals surface area contributed by atoms with Crippen molar-refractivity contribution < 1.29 is 27.5 Å². The summed E-state index contributed by atoms with van der Waals surface area (Å²) < 4.78 is 37.0. The van der Waals surface area contributed by atoms with Gasteiger partial charge in [-0.2, -0.15) is 0 Å². The highest BCUT2D eigenvalue weighted by Crippen LogP contribution is 2.36. The molecule has 37 heavy (non-hydrogen) atoms. The van der Waals surface area contributed by atoms with E-state index < -0.39 is 16.1 Å². The second-order valence-corrected chi connectivity index (χ2v) is 11.0. The minimum atomic E-state index is -3.59. The summed E-state index contributed by atoms with van der Waals surface area (Å²) in [6.07, 6.45) is 3.99. The molecule has 9 nitrogen and oxygen atoms in total. The van der Waals surface area contributed by atoms with Gasteiger partial charge in [-0.05, 0) is 43.9 Å². The highest BCUT2D eigenvalue weighted by molar-refractivity contribution is 7.92. The van der Waals surface area contributed by atoms with Gasteiger partial charge in [-0.3, -0.25) is 13.9 Å². The van der Waals surface area contributed by atoms with Crippen LogP contribution in [0.2, 0.25) is 0 Å². The Balaban J connectivity index is 1.66. The highest BCUT2D eigenvalue weighted by Gasteiger charge is 2.26. The number of nitrogens with zero attached hydrogens (tertiary/aromatic N) is 2. The van der Waals surface area contributed by atoms with Gasteiger partial charge in [0.25, 0.3) is 0 Å². The third kappa shape index (κ3) is 8.11. The smallest absolute Gasteiger partial charge is 0.242 e. The second-order valence-electron chi connectivity index (χ2n) is 9.12. The first kappa shape index (κ1) is 28.3. The molecule has 1 aliphatic rings. The quantitative estimate of drug-likeness (QED) is 0.375. The van der Waals surface area contributed by atoms with Crippen molar-refractivity contribution in [1.82, 2.24) is 10.2 Å². The van der Waals surface area contributed by atoms with Gasteiger partial charge in [0.1, 0.15) is 6.04 Å². The SMILES string of the molecule is CCCCNC(=O)C(C)N(CCc1ccccc1)C(=O)CCCN(c1ccc2c(c1)OCO2)S(C)(=O)=O. The molecule has 1 aliphatic heterocycles. The molecule has 0 saturated carbocycles. The fourth-order valence-corrected chi connectivity index (χ4v) is 5.11. The molecule has 3 rings (SSSR count). The summed E-state index contributed by atoms with van der Waals surface area (Å²) in [7, 11) is -3.59. The predicted molar refractivity (Wildman–Crippen MR) is 143 cm³/mol. The molecule has 1 atom stereocenters. The van der Waals surface area contributed by atoms with Gasteiger partial charge in [0.2, 0.25) is 28.6 Å². The van der Waals surface area contributed by atoms with E-state index >= 15 is 0 Å². The van der Waals surface area contributed by atoms with Crippen molar-refractivity contribution in [3.63, 3.8) is 0 Å². The number of fused-ring (bicyclic) bond motifs is 1. The molecule has 0 radical (unpaired) electrons. The monoisotopic (exact) mass is 531 g/mol. The summed E-state index contributed by atoms with van der Waals surface area (Å²) in [6.45, 7) is 4.96. The van der Waals surface area contributed by atoms with Gasteiger partial charge < -0.3 is 19.7 Å². The van der Waals surface area contributed by atoms with Crippen LogP contribution in [0, 0.1) is 0 Å². The maximum Gasteiger partial charge on any atom is 0.242 e. The Bertz CT molecular complexity index is 1160. The fourth-order valence-electron chi connectivity index (χ4n) is 4.15. The van der Waals surface area contributed by atoms with Crippen molar-refractivity contribution in [3.05, 3.63) is 54.1 Å². The van der Waals surface area contributed by atoms with E-state index in [9.17, 15) is 18.0 Å². The molecule has 0 aliphatic carbocycles. The molecular formula is C27H37N3O6S. The van der Waals surface area contributed by atoms with Gasteiger partial charge in [0.15, 0.2) is 11.5 Å². The van der Waals surface area contributed by atoms with Crippen molar-refractivity contribution in [2.24, 2.45) is 0 Å². The van der Waals surface area contributed by atoms with E-state index in [0.29, 0.717) is 43.1 Å². The first-order valence-electron chi connectivity index (χ1n) is 12.7. The lowest BCUT2D eigenvalue weighted by Crippen LogP contribution is -2.49. The van der Waals surface area contributed by atoms with Gasteiger partial charge in [-0.25, -0.2) is 8.42 Å². The van der Waals surface area contributed by atoms with Gasteiger partial charge in [-0.15, -0.1) is 0 Å². The molecule has 0 bridgehead atoms. The number of sulfonamides is 1. The van der Waals surface area contributed by atoms with Crippen LogP contribution in [0.3, 0.4) is 0 Å². The largest absolute Gasteiger partial charge is 0.454 e.